The van der Waals surface area contributed by atoms with Gasteiger partial charge in [0.15, 0.2) is 0 Å². The highest BCUT2D eigenvalue weighted by Gasteiger charge is 2.18. The fourth-order valence-corrected chi connectivity index (χ4v) is 2.09. The molecule has 2 atom stereocenters. The number of nitrogens with zero attached hydrogens (tertiary/aromatic N) is 2. The fraction of sp³-hybridized carbons (Fsp3) is 0.615. The molecule has 0 spiro atoms. The first-order valence-corrected chi connectivity index (χ1v) is 7.31. The van der Waals surface area contributed by atoms with E-state index in [0.717, 1.165) is 16.7 Å². The molecule has 0 bridgehead atoms. The van der Waals surface area contributed by atoms with Gasteiger partial charge in [0.2, 0.25) is 0 Å². The summed E-state index contributed by atoms with van der Waals surface area (Å²) in [7, 11) is 0. The van der Waals surface area contributed by atoms with Crippen LogP contribution in [0, 0.1) is 12.8 Å². The molecule has 0 aliphatic rings. The van der Waals surface area contributed by atoms with Gasteiger partial charge in [-0.3, -0.25) is 4.79 Å². The van der Waals surface area contributed by atoms with Crippen LogP contribution < -0.4 is 5.32 Å². The Morgan fingerprint density at radius 1 is 1.44 bits per heavy atom. The molecule has 2 unspecified atom stereocenters. The summed E-state index contributed by atoms with van der Waals surface area (Å²) < 4.78 is 0. The Balaban J connectivity index is 2.87. The second kappa shape index (κ2) is 6.83. The molecule has 1 heterocycles. The molecule has 18 heavy (non-hydrogen) atoms. The monoisotopic (exact) mass is 313 g/mol. The number of hydrogen-bond donors (Lipinski definition) is 1. The molecule has 1 amide bonds. The first kappa shape index (κ1) is 15.1. The Labute approximate surface area is 117 Å². The zero-order chi connectivity index (χ0) is 13.7. The maximum absolute atomic E-state index is 12.2. The van der Waals surface area contributed by atoms with E-state index >= 15 is 0 Å². The van der Waals surface area contributed by atoms with Gasteiger partial charge in [-0.05, 0) is 32.3 Å². The predicted octanol–water partition coefficient (Wildman–Crippen LogP) is 2.50. The Morgan fingerprint density at radius 2 is 2.11 bits per heavy atom. The summed E-state index contributed by atoms with van der Waals surface area (Å²) in [6.07, 6.45) is 0.707. The minimum Gasteiger partial charge on any atom is -0.349 e. The minimum absolute atomic E-state index is 0.0647. The molecule has 0 radical (unpaired) electrons. The van der Waals surface area contributed by atoms with Crippen LogP contribution in [-0.2, 0) is 6.42 Å². The molecule has 0 saturated carbocycles. The van der Waals surface area contributed by atoms with Crippen LogP contribution in [0.2, 0.25) is 0 Å². The number of carbonyl (C=O) groups is 1. The zero-order valence-electron chi connectivity index (χ0n) is 11.3. The number of aryl methyl sites for hydroxylation is 2. The lowest BCUT2D eigenvalue weighted by molar-refractivity contribution is 0.0929. The van der Waals surface area contributed by atoms with Gasteiger partial charge in [0.25, 0.3) is 5.91 Å². The van der Waals surface area contributed by atoms with Gasteiger partial charge in [0, 0.05) is 11.4 Å². The van der Waals surface area contributed by atoms with Gasteiger partial charge < -0.3 is 5.32 Å². The molecule has 1 rings (SSSR count). The first-order chi connectivity index (χ1) is 8.49. The van der Waals surface area contributed by atoms with Crippen molar-refractivity contribution in [2.75, 3.05) is 5.33 Å². The summed E-state index contributed by atoms with van der Waals surface area (Å²) in [4.78, 5) is 12.2. The molecular weight excluding hydrogens is 294 g/mol. The van der Waals surface area contributed by atoms with Crippen molar-refractivity contribution in [1.29, 1.82) is 0 Å². The van der Waals surface area contributed by atoms with Crippen molar-refractivity contribution < 1.29 is 4.79 Å². The van der Waals surface area contributed by atoms with Gasteiger partial charge in [-0.1, -0.05) is 29.8 Å². The number of carbonyl (C=O) groups excluding carboxylic acids is 1. The predicted molar refractivity (Wildman–Crippen MR) is 76.0 cm³/mol. The highest BCUT2D eigenvalue weighted by atomic mass is 79.9. The third kappa shape index (κ3) is 3.77. The zero-order valence-corrected chi connectivity index (χ0v) is 12.9. The lowest BCUT2D eigenvalue weighted by atomic mass is 10.1. The third-order valence-electron chi connectivity index (χ3n) is 3.03. The van der Waals surface area contributed by atoms with E-state index in [-0.39, 0.29) is 11.9 Å². The van der Waals surface area contributed by atoms with E-state index < -0.39 is 0 Å². The van der Waals surface area contributed by atoms with Crippen molar-refractivity contribution in [2.45, 2.75) is 40.2 Å². The molecule has 100 valence electrons. The Hall–Kier alpha value is -0.970. The smallest absolute Gasteiger partial charge is 0.253 e. The summed E-state index contributed by atoms with van der Waals surface area (Å²) in [6, 6.07) is 1.92. The van der Waals surface area contributed by atoms with Crippen LogP contribution >= 0.6 is 15.9 Å². The largest absolute Gasteiger partial charge is 0.349 e. The van der Waals surface area contributed by atoms with E-state index in [1.165, 1.54) is 0 Å². The molecule has 1 aromatic heterocycles. The number of rotatable bonds is 5. The van der Waals surface area contributed by atoms with E-state index in [9.17, 15) is 4.79 Å². The summed E-state index contributed by atoms with van der Waals surface area (Å²) in [5, 5.41) is 11.9. The molecule has 0 saturated heterocycles. The summed E-state index contributed by atoms with van der Waals surface area (Å²) >= 11 is 3.43. The van der Waals surface area contributed by atoms with E-state index in [2.05, 4.69) is 38.4 Å². The third-order valence-corrected chi connectivity index (χ3v) is 4.05. The summed E-state index contributed by atoms with van der Waals surface area (Å²) in [5.41, 5.74) is 2.15. The molecule has 1 aromatic rings. The number of hydrogen-bond acceptors (Lipinski definition) is 3. The van der Waals surface area contributed by atoms with Gasteiger partial charge in [0.1, 0.15) is 0 Å². The minimum atomic E-state index is -0.0647. The second-order valence-corrected chi connectivity index (χ2v) is 5.24. The number of aromatic nitrogens is 2. The van der Waals surface area contributed by atoms with Crippen molar-refractivity contribution in [3.63, 3.8) is 0 Å². The first-order valence-electron chi connectivity index (χ1n) is 6.19. The van der Waals surface area contributed by atoms with Crippen LogP contribution in [0.3, 0.4) is 0 Å². The van der Waals surface area contributed by atoms with Crippen molar-refractivity contribution in [3.8, 4) is 0 Å². The molecule has 4 nitrogen and oxygen atoms in total. The average Bonchev–Trinajstić information content (AvgIpc) is 2.37. The van der Waals surface area contributed by atoms with Gasteiger partial charge in [-0.15, -0.1) is 0 Å². The number of alkyl halides is 1. The standard InChI is InChI=1S/C13H20BrN3O/c1-5-12-11(6-9(3)16-17-12)13(18)15-10(4)8(2)7-14/h6,8,10H,5,7H2,1-4H3,(H,15,18). The van der Waals surface area contributed by atoms with Crippen molar-refractivity contribution >= 4 is 21.8 Å². The van der Waals surface area contributed by atoms with E-state index in [1.807, 2.05) is 20.8 Å². The van der Waals surface area contributed by atoms with E-state index in [4.69, 9.17) is 0 Å². The molecule has 5 heteroatoms. The molecule has 1 N–H and O–H groups in total. The Kier molecular flexibility index (Phi) is 5.72. The van der Waals surface area contributed by atoms with Crippen LogP contribution in [0.15, 0.2) is 6.07 Å². The average molecular weight is 314 g/mol. The number of amides is 1. The van der Waals surface area contributed by atoms with Crippen LogP contribution in [0.1, 0.15) is 42.5 Å². The summed E-state index contributed by atoms with van der Waals surface area (Å²) in [5.74, 6) is 0.320. The topological polar surface area (TPSA) is 54.9 Å². The van der Waals surface area contributed by atoms with Gasteiger partial charge in [-0.2, -0.15) is 10.2 Å². The lowest BCUT2D eigenvalue weighted by Gasteiger charge is -2.19. The highest BCUT2D eigenvalue weighted by Crippen LogP contribution is 2.10. The lowest BCUT2D eigenvalue weighted by Crippen LogP contribution is -2.38. The van der Waals surface area contributed by atoms with Crippen LogP contribution in [-0.4, -0.2) is 27.5 Å². The van der Waals surface area contributed by atoms with Crippen molar-refractivity contribution in [2.24, 2.45) is 5.92 Å². The second-order valence-electron chi connectivity index (χ2n) is 4.59. The van der Waals surface area contributed by atoms with Gasteiger partial charge in [0.05, 0.1) is 17.0 Å². The molecule has 0 aromatic carbocycles. The maximum Gasteiger partial charge on any atom is 0.253 e. The van der Waals surface area contributed by atoms with E-state index in [0.29, 0.717) is 17.9 Å². The van der Waals surface area contributed by atoms with Crippen LogP contribution in [0.4, 0.5) is 0 Å². The highest BCUT2D eigenvalue weighted by molar-refractivity contribution is 9.09. The van der Waals surface area contributed by atoms with Gasteiger partial charge in [-0.25, -0.2) is 0 Å². The SMILES string of the molecule is CCc1nnc(C)cc1C(=O)NC(C)C(C)CBr. The van der Waals surface area contributed by atoms with E-state index in [1.54, 1.807) is 6.07 Å². The Bertz CT molecular complexity index is 423. The quantitative estimate of drug-likeness (QED) is 0.850. The molecule has 0 fully saturated rings. The Morgan fingerprint density at radius 3 is 2.67 bits per heavy atom. The summed E-state index contributed by atoms with van der Waals surface area (Å²) in [6.45, 7) is 7.92. The van der Waals surface area contributed by atoms with Crippen molar-refractivity contribution in [3.05, 3.63) is 23.0 Å². The van der Waals surface area contributed by atoms with Crippen molar-refractivity contribution in [1.82, 2.24) is 15.5 Å². The van der Waals surface area contributed by atoms with Crippen LogP contribution in [0.5, 0.6) is 0 Å². The van der Waals surface area contributed by atoms with Crippen LogP contribution in [0.25, 0.3) is 0 Å². The molecule has 0 aliphatic carbocycles. The fourth-order valence-electron chi connectivity index (χ4n) is 1.53. The molecule has 0 aliphatic heterocycles. The normalized spacial score (nSPS) is 14.1. The van der Waals surface area contributed by atoms with Gasteiger partial charge >= 0.3 is 0 Å². The maximum atomic E-state index is 12.2. The molecular formula is C13H20BrN3O. The number of halogens is 1. The number of nitrogens with one attached hydrogen (secondary N) is 1.